The lowest BCUT2D eigenvalue weighted by Gasteiger charge is -2.03. The zero-order valence-corrected chi connectivity index (χ0v) is 10.6. The molecule has 6 heteroatoms. The number of rotatable bonds is 4. The van der Waals surface area contributed by atoms with E-state index < -0.39 is 16.4 Å². The Morgan fingerprint density at radius 2 is 2.05 bits per heavy atom. The largest absolute Gasteiger partial charge is 0.508 e. The maximum atomic E-state index is 13.4. The number of thioether (sulfide) groups is 1. The van der Waals surface area contributed by atoms with Gasteiger partial charge in [0.2, 0.25) is 5.82 Å². The molecule has 0 amide bonds. The van der Waals surface area contributed by atoms with E-state index in [1.807, 2.05) is 6.07 Å². The molecule has 0 heterocycles. The molecular weight excluding hydrogens is 269 g/mol. The quantitative estimate of drug-likeness (QED) is 0.526. The predicted molar refractivity (Wildman–Crippen MR) is 70.7 cm³/mol. The Morgan fingerprint density at radius 1 is 1.26 bits per heavy atom. The molecule has 1 N–H and O–H groups in total. The number of nitro benzene ring substituents is 1. The van der Waals surface area contributed by atoms with Crippen LogP contribution in [0.4, 0.5) is 10.1 Å². The summed E-state index contributed by atoms with van der Waals surface area (Å²) in [5.41, 5.74) is 0.127. The molecule has 0 spiro atoms. The third-order valence-corrected chi connectivity index (χ3v) is 3.50. The molecule has 0 atom stereocenters. The van der Waals surface area contributed by atoms with Crippen LogP contribution in [-0.4, -0.2) is 10.0 Å². The van der Waals surface area contributed by atoms with E-state index in [4.69, 9.17) is 0 Å². The van der Waals surface area contributed by atoms with Crippen molar-refractivity contribution in [1.82, 2.24) is 0 Å². The zero-order chi connectivity index (χ0) is 13.8. The van der Waals surface area contributed by atoms with Crippen molar-refractivity contribution in [2.24, 2.45) is 0 Å². The summed E-state index contributed by atoms with van der Waals surface area (Å²) in [7, 11) is 0. The van der Waals surface area contributed by atoms with Gasteiger partial charge in [-0.3, -0.25) is 10.1 Å². The van der Waals surface area contributed by atoms with Gasteiger partial charge in [-0.25, -0.2) is 0 Å². The summed E-state index contributed by atoms with van der Waals surface area (Å²) in [5, 5.41) is 19.8. The van der Waals surface area contributed by atoms with Gasteiger partial charge in [0, 0.05) is 16.7 Å². The minimum atomic E-state index is -0.834. The monoisotopic (exact) mass is 279 g/mol. The van der Waals surface area contributed by atoms with Crippen molar-refractivity contribution < 1.29 is 14.4 Å². The summed E-state index contributed by atoms with van der Waals surface area (Å²) < 4.78 is 13.4. The van der Waals surface area contributed by atoms with E-state index in [-0.39, 0.29) is 5.75 Å². The number of phenols is 1. The Bertz CT molecular complexity index is 619. The average molecular weight is 279 g/mol. The molecular formula is C13H10FNO3S. The lowest BCUT2D eigenvalue weighted by molar-refractivity contribution is -0.387. The highest BCUT2D eigenvalue weighted by molar-refractivity contribution is 7.98. The van der Waals surface area contributed by atoms with Crippen molar-refractivity contribution in [2.45, 2.75) is 10.6 Å². The van der Waals surface area contributed by atoms with Gasteiger partial charge < -0.3 is 5.11 Å². The number of hydrogen-bond donors (Lipinski definition) is 1. The molecule has 4 nitrogen and oxygen atoms in total. The fraction of sp³-hybridized carbons (Fsp3) is 0.0769. The molecule has 0 aliphatic carbocycles. The second kappa shape index (κ2) is 5.71. The van der Waals surface area contributed by atoms with Crippen LogP contribution >= 0.6 is 11.8 Å². The molecule has 0 bridgehead atoms. The summed E-state index contributed by atoms with van der Waals surface area (Å²) in [6.07, 6.45) is 0. The molecule has 98 valence electrons. The highest BCUT2D eigenvalue weighted by atomic mass is 32.2. The SMILES string of the molecule is O=[N+]([O-])c1ccc(CSc2cccc(O)c2)cc1F. The Balaban J connectivity index is 2.08. The van der Waals surface area contributed by atoms with Gasteiger partial charge in [0.1, 0.15) is 5.75 Å². The van der Waals surface area contributed by atoms with Crippen molar-refractivity contribution in [3.63, 3.8) is 0 Å². The molecule has 0 radical (unpaired) electrons. The van der Waals surface area contributed by atoms with Crippen molar-refractivity contribution in [3.8, 4) is 5.75 Å². The van der Waals surface area contributed by atoms with E-state index in [0.717, 1.165) is 17.0 Å². The van der Waals surface area contributed by atoms with Crippen molar-refractivity contribution >= 4 is 17.4 Å². The van der Waals surface area contributed by atoms with Crippen LogP contribution in [0.15, 0.2) is 47.4 Å². The fourth-order valence-corrected chi connectivity index (χ4v) is 2.42. The molecule has 0 aliphatic heterocycles. The molecule has 0 aliphatic rings. The molecule has 0 unspecified atom stereocenters. The standard InChI is InChI=1S/C13H10FNO3S/c14-12-6-9(4-5-13(12)15(17)18)8-19-11-3-1-2-10(16)7-11/h1-7,16H,8H2. The van der Waals surface area contributed by atoms with Gasteiger partial charge in [-0.15, -0.1) is 11.8 Å². The molecule has 0 aromatic heterocycles. The van der Waals surface area contributed by atoms with E-state index in [1.165, 1.54) is 17.8 Å². The highest BCUT2D eigenvalue weighted by Crippen LogP contribution is 2.27. The van der Waals surface area contributed by atoms with E-state index in [0.29, 0.717) is 11.3 Å². The van der Waals surface area contributed by atoms with Crippen LogP contribution < -0.4 is 0 Å². The number of nitrogens with zero attached hydrogens (tertiary/aromatic N) is 1. The fourth-order valence-electron chi connectivity index (χ4n) is 1.53. The van der Waals surface area contributed by atoms with E-state index in [1.54, 1.807) is 18.2 Å². The number of phenolic OH excluding ortho intramolecular Hbond substituents is 1. The predicted octanol–water partition coefficient (Wildman–Crippen LogP) is 3.73. The van der Waals surface area contributed by atoms with Crippen molar-refractivity contribution in [3.05, 3.63) is 64.0 Å². The van der Waals surface area contributed by atoms with E-state index >= 15 is 0 Å². The summed E-state index contributed by atoms with van der Waals surface area (Å²) in [4.78, 5) is 10.6. The van der Waals surface area contributed by atoms with Crippen molar-refractivity contribution in [2.75, 3.05) is 0 Å². The Morgan fingerprint density at radius 3 is 2.68 bits per heavy atom. The Labute approximate surface area is 113 Å². The first-order chi connectivity index (χ1) is 9.06. The van der Waals surface area contributed by atoms with Crippen LogP contribution in [0, 0.1) is 15.9 Å². The molecule has 19 heavy (non-hydrogen) atoms. The van der Waals surface area contributed by atoms with Gasteiger partial charge >= 0.3 is 5.69 Å². The number of aromatic hydroxyl groups is 1. The lowest BCUT2D eigenvalue weighted by Crippen LogP contribution is -1.93. The molecule has 0 saturated carbocycles. The van der Waals surface area contributed by atoms with Crippen molar-refractivity contribution in [1.29, 1.82) is 0 Å². The number of halogens is 1. The third-order valence-electron chi connectivity index (χ3n) is 2.43. The molecule has 2 aromatic carbocycles. The lowest BCUT2D eigenvalue weighted by atomic mass is 10.2. The van der Waals surface area contributed by atoms with Gasteiger partial charge in [0.15, 0.2) is 0 Å². The van der Waals surface area contributed by atoms with Crippen LogP contribution in [0.5, 0.6) is 5.75 Å². The van der Waals surface area contributed by atoms with E-state index in [9.17, 15) is 19.6 Å². The van der Waals surface area contributed by atoms with Gasteiger partial charge in [0.25, 0.3) is 0 Å². The van der Waals surface area contributed by atoms with Gasteiger partial charge in [-0.2, -0.15) is 4.39 Å². The summed E-state index contributed by atoms with van der Waals surface area (Å²) in [5.74, 6) is -0.197. The van der Waals surface area contributed by atoms with Crippen LogP contribution in [0.25, 0.3) is 0 Å². The Hall–Kier alpha value is -2.08. The second-order valence-corrected chi connectivity index (χ2v) is 4.88. The second-order valence-electron chi connectivity index (χ2n) is 3.83. The molecule has 0 saturated heterocycles. The van der Waals surface area contributed by atoms with Gasteiger partial charge in [-0.1, -0.05) is 12.1 Å². The maximum Gasteiger partial charge on any atom is 0.304 e. The first-order valence-electron chi connectivity index (χ1n) is 5.41. The normalized spacial score (nSPS) is 10.4. The molecule has 2 aromatic rings. The highest BCUT2D eigenvalue weighted by Gasteiger charge is 2.13. The average Bonchev–Trinajstić information content (AvgIpc) is 2.36. The first kappa shape index (κ1) is 13.4. The molecule has 2 rings (SSSR count). The third kappa shape index (κ3) is 3.45. The summed E-state index contributed by atoms with van der Waals surface area (Å²) in [6, 6.07) is 10.6. The van der Waals surface area contributed by atoms with Crippen LogP contribution in [0.2, 0.25) is 0 Å². The minimum absolute atomic E-state index is 0.167. The summed E-state index contributed by atoms with van der Waals surface area (Å²) in [6.45, 7) is 0. The van der Waals surface area contributed by atoms with Crippen LogP contribution in [0.3, 0.4) is 0 Å². The number of benzene rings is 2. The van der Waals surface area contributed by atoms with Gasteiger partial charge in [-0.05, 0) is 29.8 Å². The van der Waals surface area contributed by atoms with E-state index in [2.05, 4.69) is 0 Å². The Kier molecular flexibility index (Phi) is 4.01. The maximum absolute atomic E-state index is 13.4. The topological polar surface area (TPSA) is 63.4 Å². The smallest absolute Gasteiger partial charge is 0.304 e. The number of hydrogen-bond acceptors (Lipinski definition) is 4. The summed E-state index contributed by atoms with van der Waals surface area (Å²) >= 11 is 1.41. The zero-order valence-electron chi connectivity index (χ0n) is 9.75. The number of nitro groups is 1. The van der Waals surface area contributed by atoms with Gasteiger partial charge in [0.05, 0.1) is 4.92 Å². The first-order valence-corrected chi connectivity index (χ1v) is 6.39. The molecule has 0 fully saturated rings. The van der Waals surface area contributed by atoms with Crippen LogP contribution in [-0.2, 0) is 5.75 Å². The van der Waals surface area contributed by atoms with Crippen LogP contribution in [0.1, 0.15) is 5.56 Å². The minimum Gasteiger partial charge on any atom is -0.508 e.